The number of carbonyl (C=O) groups excluding carboxylic acids is 1. The Kier molecular flexibility index (Phi) is 7.25. The fourth-order valence-electron chi connectivity index (χ4n) is 4.33. The van der Waals surface area contributed by atoms with E-state index in [0.29, 0.717) is 35.7 Å². The molecule has 0 radical (unpaired) electrons. The number of aromatic nitrogens is 4. The number of amides is 1. The fourth-order valence-corrected chi connectivity index (χ4v) is 4.33. The fraction of sp³-hybridized carbons (Fsp3) is 0.519. The Morgan fingerprint density at radius 3 is 2.56 bits per heavy atom. The van der Waals surface area contributed by atoms with Crippen LogP contribution >= 0.6 is 0 Å². The van der Waals surface area contributed by atoms with E-state index < -0.39 is 6.67 Å². The van der Waals surface area contributed by atoms with E-state index in [4.69, 9.17) is 9.05 Å². The van der Waals surface area contributed by atoms with Gasteiger partial charge in [-0.25, -0.2) is 0 Å². The van der Waals surface area contributed by atoms with Crippen LogP contribution in [0, 0.1) is 0 Å². The Morgan fingerprint density at radius 2 is 1.83 bits per heavy atom. The van der Waals surface area contributed by atoms with Gasteiger partial charge in [-0.3, -0.25) is 9.18 Å². The van der Waals surface area contributed by atoms with Crippen molar-refractivity contribution in [2.75, 3.05) is 11.6 Å². The highest BCUT2D eigenvalue weighted by Crippen LogP contribution is 2.39. The Hall–Kier alpha value is -3.36. The molecule has 36 heavy (non-hydrogen) atoms. The third-order valence-electron chi connectivity index (χ3n) is 6.80. The van der Waals surface area contributed by atoms with Gasteiger partial charge in [-0.15, -0.1) is 0 Å². The van der Waals surface area contributed by atoms with Gasteiger partial charge in [0, 0.05) is 47.5 Å². The van der Waals surface area contributed by atoms with Crippen molar-refractivity contribution in [2.45, 2.75) is 82.6 Å². The van der Waals surface area contributed by atoms with Crippen LogP contribution in [0.15, 0.2) is 45.5 Å². The normalized spacial score (nSPS) is 16.2. The smallest absolute Gasteiger partial charge is 0.258 e. The molecule has 2 aliphatic rings. The zero-order valence-corrected chi connectivity index (χ0v) is 20.7. The van der Waals surface area contributed by atoms with Gasteiger partial charge in [-0.1, -0.05) is 29.4 Å². The first-order chi connectivity index (χ1) is 17.5. The summed E-state index contributed by atoms with van der Waals surface area (Å²) in [4.78, 5) is 24.1. The second-order valence-corrected chi connectivity index (χ2v) is 9.92. The van der Waals surface area contributed by atoms with Gasteiger partial charge in [0.2, 0.25) is 5.89 Å². The maximum Gasteiger partial charge on any atom is 0.258 e. The number of hydrogen-bond acceptors (Lipinski definition) is 7. The molecule has 2 aliphatic carbocycles. The van der Waals surface area contributed by atoms with E-state index in [1.807, 2.05) is 31.2 Å². The molecule has 1 unspecified atom stereocenters. The first kappa shape index (κ1) is 24.3. The van der Waals surface area contributed by atoms with Crippen molar-refractivity contribution < 1.29 is 18.2 Å². The van der Waals surface area contributed by atoms with E-state index in [1.165, 1.54) is 0 Å². The summed E-state index contributed by atoms with van der Waals surface area (Å²) in [6, 6.07) is 7.37. The minimum atomic E-state index is -0.619. The molecule has 2 saturated carbocycles. The molecule has 190 valence electrons. The van der Waals surface area contributed by atoms with Crippen molar-refractivity contribution >= 4 is 11.6 Å². The highest BCUT2D eigenvalue weighted by Gasteiger charge is 2.30. The summed E-state index contributed by atoms with van der Waals surface area (Å²) < 4.78 is 23.9. The number of alkyl halides is 1. The van der Waals surface area contributed by atoms with Crippen molar-refractivity contribution in [2.24, 2.45) is 0 Å². The Labute approximate surface area is 210 Å². The number of benzene rings is 1. The van der Waals surface area contributed by atoms with Crippen LogP contribution in [0.5, 0.6) is 0 Å². The molecular weight excluding hydrogens is 461 g/mol. The van der Waals surface area contributed by atoms with Crippen LogP contribution in [0.4, 0.5) is 10.1 Å². The summed E-state index contributed by atoms with van der Waals surface area (Å²) in [6.45, 7) is 5.23. The van der Waals surface area contributed by atoms with E-state index in [0.717, 1.165) is 62.2 Å². The Bertz CT molecular complexity index is 1210. The van der Waals surface area contributed by atoms with Crippen molar-refractivity contribution in [3.05, 3.63) is 54.0 Å². The lowest BCUT2D eigenvalue weighted by Gasteiger charge is -2.30. The first-order valence-corrected chi connectivity index (χ1v) is 12.9. The average molecular weight is 494 g/mol. The van der Waals surface area contributed by atoms with Gasteiger partial charge in [-0.2, -0.15) is 9.97 Å². The number of hydrogen-bond donors (Lipinski definition) is 0. The Balaban J connectivity index is 1.27. The molecule has 5 rings (SSSR count). The van der Waals surface area contributed by atoms with Crippen LogP contribution in [0.2, 0.25) is 0 Å². The van der Waals surface area contributed by atoms with Gasteiger partial charge in [0.15, 0.2) is 11.6 Å². The van der Waals surface area contributed by atoms with Crippen LogP contribution in [-0.2, 0) is 11.2 Å². The molecule has 0 saturated heterocycles. The molecule has 0 aliphatic heterocycles. The number of anilines is 1. The standard InChI is InChI=1S/C27H32FN5O3/c1-17(14-15-28)27(34)33(18(2)6-3-4-9-23-29-24(31-35-23)19-10-11-19)22-8-5-7-21(16-22)26-30-25(32-36-26)20-12-13-20/h5,7-8,16,18-20H,1,3-4,6,9-15H2,2H3. The number of rotatable bonds is 13. The quantitative estimate of drug-likeness (QED) is 0.215. The lowest BCUT2D eigenvalue weighted by atomic mass is 10.0. The van der Waals surface area contributed by atoms with E-state index in [2.05, 4.69) is 26.9 Å². The first-order valence-electron chi connectivity index (χ1n) is 12.9. The minimum absolute atomic E-state index is 0.0106. The van der Waals surface area contributed by atoms with Gasteiger partial charge >= 0.3 is 0 Å². The molecule has 1 aromatic carbocycles. The molecule has 0 spiro atoms. The summed E-state index contributed by atoms with van der Waals surface area (Å²) in [5.41, 5.74) is 1.69. The predicted octanol–water partition coefficient (Wildman–Crippen LogP) is 5.92. The molecular formula is C27H32FN5O3. The molecule has 0 bridgehead atoms. The van der Waals surface area contributed by atoms with E-state index in [-0.39, 0.29) is 23.9 Å². The van der Waals surface area contributed by atoms with Crippen LogP contribution in [0.25, 0.3) is 11.5 Å². The number of halogens is 1. The van der Waals surface area contributed by atoms with Gasteiger partial charge in [0.05, 0.1) is 6.67 Å². The van der Waals surface area contributed by atoms with Crippen molar-refractivity contribution in [1.82, 2.24) is 20.3 Å². The summed E-state index contributed by atoms with van der Waals surface area (Å²) in [6.07, 6.45) is 7.68. The third kappa shape index (κ3) is 5.71. The zero-order chi connectivity index (χ0) is 25.1. The molecule has 0 N–H and O–H groups in total. The average Bonchev–Trinajstić information content (AvgIpc) is 3.82. The summed E-state index contributed by atoms with van der Waals surface area (Å²) >= 11 is 0. The van der Waals surface area contributed by atoms with Gasteiger partial charge < -0.3 is 13.9 Å². The molecule has 2 fully saturated rings. The number of carbonyl (C=O) groups is 1. The molecule has 2 heterocycles. The van der Waals surface area contributed by atoms with Crippen molar-refractivity contribution in [3.63, 3.8) is 0 Å². The molecule has 2 aromatic heterocycles. The maximum absolute atomic E-state index is 13.3. The molecule has 1 amide bonds. The molecule has 9 heteroatoms. The number of aryl methyl sites for hydroxylation is 1. The predicted molar refractivity (Wildman–Crippen MR) is 132 cm³/mol. The lowest BCUT2D eigenvalue weighted by Crippen LogP contribution is -2.39. The maximum atomic E-state index is 13.3. The molecule has 8 nitrogen and oxygen atoms in total. The highest BCUT2D eigenvalue weighted by molar-refractivity contribution is 6.05. The van der Waals surface area contributed by atoms with E-state index in [9.17, 15) is 9.18 Å². The van der Waals surface area contributed by atoms with Crippen LogP contribution in [-0.4, -0.2) is 38.9 Å². The van der Waals surface area contributed by atoms with Crippen molar-refractivity contribution in [1.29, 1.82) is 0 Å². The van der Waals surface area contributed by atoms with Crippen LogP contribution in [0.1, 0.15) is 87.7 Å². The van der Waals surface area contributed by atoms with Gasteiger partial charge in [0.25, 0.3) is 11.8 Å². The largest absolute Gasteiger partial charge is 0.339 e. The monoisotopic (exact) mass is 493 g/mol. The highest BCUT2D eigenvalue weighted by atomic mass is 19.1. The van der Waals surface area contributed by atoms with Crippen LogP contribution in [0.3, 0.4) is 0 Å². The van der Waals surface area contributed by atoms with Gasteiger partial charge in [0.1, 0.15) is 0 Å². The summed E-state index contributed by atoms with van der Waals surface area (Å²) in [5.74, 6) is 3.26. The second kappa shape index (κ2) is 10.7. The molecule has 3 aromatic rings. The summed E-state index contributed by atoms with van der Waals surface area (Å²) in [7, 11) is 0. The topological polar surface area (TPSA) is 98.2 Å². The van der Waals surface area contributed by atoms with Crippen molar-refractivity contribution in [3.8, 4) is 11.5 Å². The van der Waals surface area contributed by atoms with Crippen LogP contribution < -0.4 is 4.90 Å². The second-order valence-electron chi connectivity index (χ2n) is 9.92. The summed E-state index contributed by atoms with van der Waals surface area (Å²) in [5, 5.41) is 8.17. The zero-order valence-electron chi connectivity index (χ0n) is 20.7. The number of unbranched alkanes of at least 4 members (excludes halogenated alkanes) is 1. The van der Waals surface area contributed by atoms with E-state index >= 15 is 0 Å². The van der Waals surface area contributed by atoms with E-state index in [1.54, 1.807) is 4.90 Å². The SMILES string of the molecule is C=C(CCF)C(=O)N(c1cccc(-c2nc(C3CC3)no2)c1)C(C)CCCCc1nc(C2CC2)no1. The number of nitrogens with zero attached hydrogens (tertiary/aromatic N) is 5. The lowest BCUT2D eigenvalue weighted by molar-refractivity contribution is -0.115. The molecule has 1 atom stereocenters. The minimum Gasteiger partial charge on any atom is -0.339 e. The third-order valence-corrected chi connectivity index (χ3v) is 6.80. The Morgan fingerprint density at radius 1 is 1.11 bits per heavy atom. The van der Waals surface area contributed by atoms with Gasteiger partial charge in [-0.05, 0) is 63.6 Å².